The molecule has 21 heavy (non-hydrogen) atoms. The molecule has 0 aromatic carbocycles. The Kier molecular flexibility index (Phi) is 4.43. The number of nitrogens with zero attached hydrogens (tertiary/aromatic N) is 2. The number of hydrogen-bond acceptors (Lipinski definition) is 3. The Hall–Kier alpha value is -1.34. The van der Waals surface area contributed by atoms with Crippen LogP contribution >= 0.6 is 0 Å². The van der Waals surface area contributed by atoms with Gasteiger partial charge >= 0.3 is 0 Å². The number of rotatable bonds is 3. The number of sulfonamides is 1. The molecule has 1 saturated heterocycles. The van der Waals surface area contributed by atoms with Crippen LogP contribution in [0.3, 0.4) is 0 Å². The monoisotopic (exact) mass is 313 g/mol. The van der Waals surface area contributed by atoms with Crippen LogP contribution in [0.15, 0.2) is 17.2 Å². The molecule has 0 atom stereocenters. The molecule has 2 rings (SSSR count). The molecule has 1 aliphatic rings. The Bertz CT molecular complexity index is 626. The lowest BCUT2D eigenvalue weighted by Crippen LogP contribution is -2.40. The minimum Gasteiger partial charge on any atom is -0.345 e. The van der Waals surface area contributed by atoms with Gasteiger partial charge in [-0.25, -0.2) is 13.6 Å². The predicted octanol–water partition coefficient (Wildman–Crippen LogP) is 1.18. The summed E-state index contributed by atoms with van der Waals surface area (Å²) in [6, 6.07) is 1.35. The third-order valence-corrected chi connectivity index (χ3v) is 5.18. The number of aryl methyl sites for hydroxylation is 1. The van der Waals surface area contributed by atoms with Crippen molar-refractivity contribution in [3.8, 4) is 0 Å². The largest absolute Gasteiger partial charge is 0.345 e. The molecule has 2 N–H and O–H groups in total. The highest BCUT2D eigenvalue weighted by Gasteiger charge is 2.27. The second kappa shape index (κ2) is 5.81. The lowest BCUT2D eigenvalue weighted by atomic mass is 9.86. The van der Waals surface area contributed by atoms with Gasteiger partial charge in [-0.2, -0.15) is 0 Å². The third kappa shape index (κ3) is 3.47. The van der Waals surface area contributed by atoms with Crippen LogP contribution in [-0.2, 0) is 17.1 Å². The molecule has 0 radical (unpaired) electrons. The van der Waals surface area contributed by atoms with Crippen LogP contribution in [0.25, 0.3) is 0 Å². The number of nitrogens with two attached hydrogens (primary N) is 1. The predicted molar refractivity (Wildman–Crippen MR) is 80.3 cm³/mol. The molecule has 1 fully saturated rings. The Morgan fingerprint density at radius 2 is 1.90 bits per heavy atom. The highest BCUT2D eigenvalue weighted by Crippen LogP contribution is 2.25. The van der Waals surface area contributed by atoms with Crippen LogP contribution in [0.4, 0.5) is 0 Å². The first-order chi connectivity index (χ1) is 9.70. The Morgan fingerprint density at radius 1 is 1.33 bits per heavy atom. The molecule has 1 aromatic rings. The van der Waals surface area contributed by atoms with Gasteiger partial charge in [0.1, 0.15) is 10.6 Å². The van der Waals surface area contributed by atoms with Crippen LogP contribution in [0.2, 0.25) is 0 Å². The van der Waals surface area contributed by atoms with Gasteiger partial charge in [-0.15, -0.1) is 0 Å². The molecular weight excluding hydrogens is 290 g/mol. The summed E-state index contributed by atoms with van der Waals surface area (Å²) in [6.07, 6.45) is 3.37. The van der Waals surface area contributed by atoms with E-state index in [4.69, 9.17) is 5.14 Å². The van der Waals surface area contributed by atoms with Gasteiger partial charge in [0.25, 0.3) is 5.91 Å². The molecule has 1 aromatic heterocycles. The van der Waals surface area contributed by atoms with Crippen molar-refractivity contribution >= 4 is 15.9 Å². The molecule has 0 unspecified atom stereocenters. The zero-order chi connectivity index (χ0) is 15.8. The van der Waals surface area contributed by atoms with Crippen molar-refractivity contribution in [2.45, 2.75) is 31.6 Å². The van der Waals surface area contributed by atoms with E-state index in [0.29, 0.717) is 17.5 Å². The van der Waals surface area contributed by atoms with E-state index in [-0.39, 0.29) is 10.8 Å². The average molecular weight is 313 g/mol. The van der Waals surface area contributed by atoms with Crippen molar-refractivity contribution in [1.29, 1.82) is 0 Å². The van der Waals surface area contributed by atoms with Crippen molar-refractivity contribution in [3.05, 3.63) is 18.0 Å². The number of carbonyl (C=O) groups is 1. The molecule has 1 amide bonds. The zero-order valence-electron chi connectivity index (χ0n) is 12.7. The number of piperidine rings is 1. The fourth-order valence-electron chi connectivity index (χ4n) is 2.83. The summed E-state index contributed by atoms with van der Waals surface area (Å²) in [5.41, 5.74) is 0.363. The van der Waals surface area contributed by atoms with E-state index in [1.54, 1.807) is 11.9 Å². The van der Waals surface area contributed by atoms with E-state index in [9.17, 15) is 13.2 Å². The normalized spacial score (nSPS) is 17.5. The highest BCUT2D eigenvalue weighted by atomic mass is 32.2. The van der Waals surface area contributed by atoms with Crippen LogP contribution in [0.5, 0.6) is 0 Å². The second-order valence-electron chi connectivity index (χ2n) is 6.09. The van der Waals surface area contributed by atoms with Crippen molar-refractivity contribution in [2.24, 2.45) is 24.0 Å². The Morgan fingerprint density at radius 3 is 2.33 bits per heavy atom. The van der Waals surface area contributed by atoms with Gasteiger partial charge in [-0.3, -0.25) is 4.79 Å². The van der Waals surface area contributed by atoms with E-state index in [1.165, 1.54) is 16.8 Å². The first kappa shape index (κ1) is 16.0. The van der Waals surface area contributed by atoms with Crippen molar-refractivity contribution in [2.75, 3.05) is 13.1 Å². The topological polar surface area (TPSA) is 85.4 Å². The van der Waals surface area contributed by atoms with Gasteiger partial charge in [0.2, 0.25) is 10.0 Å². The molecule has 118 valence electrons. The number of primary sulfonamides is 1. The third-order valence-electron chi connectivity index (χ3n) is 4.30. The number of hydrogen-bond donors (Lipinski definition) is 1. The summed E-state index contributed by atoms with van der Waals surface area (Å²) in [5, 5.41) is 5.10. The first-order valence-electron chi connectivity index (χ1n) is 7.18. The molecule has 1 aliphatic heterocycles. The van der Waals surface area contributed by atoms with E-state index >= 15 is 0 Å². The molecule has 7 heteroatoms. The van der Waals surface area contributed by atoms with Gasteiger partial charge in [0.05, 0.1) is 0 Å². The van der Waals surface area contributed by atoms with Gasteiger partial charge in [-0.1, -0.05) is 13.8 Å². The lowest BCUT2D eigenvalue weighted by molar-refractivity contribution is 0.0658. The van der Waals surface area contributed by atoms with E-state index < -0.39 is 10.0 Å². The molecular formula is C14H23N3O3S. The first-order valence-corrected chi connectivity index (χ1v) is 8.73. The lowest BCUT2D eigenvalue weighted by Gasteiger charge is -2.33. The van der Waals surface area contributed by atoms with Gasteiger partial charge < -0.3 is 9.47 Å². The maximum absolute atomic E-state index is 12.5. The van der Waals surface area contributed by atoms with Crippen LogP contribution in [0.1, 0.15) is 37.2 Å². The Labute approximate surface area is 126 Å². The number of likely N-dealkylation sites (tertiary alicyclic amines) is 1. The zero-order valence-corrected chi connectivity index (χ0v) is 13.6. The summed E-state index contributed by atoms with van der Waals surface area (Å²) >= 11 is 0. The standard InChI is InChI=1S/C14H23N3O3S/c1-10(2)11-4-6-17(7-5-11)14(18)13-8-12(9-16(13)3)21(15,19)20/h8-11H,4-7H2,1-3H3,(H2,15,19,20). The fraction of sp³-hybridized carbons (Fsp3) is 0.643. The molecule has 0 bridgehead atoms. The number of carbonyl (C=O) groups excluding carboxylic acids is 1. The summed E-state index contributed by atoms with van der Waals surface area (Å²) in [6.45, 7) is 5.85. The molecule has 6 nitrogen and oxygen atoms in total. The molecule has 0 saturated carbocycles. The summed E-state index contributed by atoms with van der Waals surface area (Å²) in [4.78, 5) is 14.3. The average Bonchev–Trinajstić information content (AvgIpc) is 2.80. The minimum absolute atomic E-state index is 0.0228. The smallest absolute Gasteiger partial charge is 0.270 e. The van der Waals surface area contributed by atoms with Crippen molar-refractivity contribution in [3.63, 3.8) is 0 Å². The van der Waals surface area contributed by atoms with Crippen LogP contribution in [-0.4, -0.2) is 36.9 Å². The second-order valence-corrected chi connectivity index (χ2v) is 7.65. The Balaban J connectivity index is 2.13. The van der Waals surface area contributed by atoms with Crippen molar-refractivity contribution in [1.82, 2.24) is 9.47 Å². The number of aromatic nitrogens is 1. The number of amides is 1. The van der Waals surface area contributed by atoms with Crippen LogP contribution < -0.4 is 5.14 Å². The van der Waals surface area contributed by atoms with Crippen molar-refractivity contribution < 1.29 is 13.2 Å². The minimum atomic E-state index is -3.78. The fourth-order valence-corrected chi connectivity index (χ4v) is 3.41. The molecule has 0 aliphatic carbocycles. The van der Waals surface area contributed by atoms with Gasteiger partial charge in [0.15, 0.2) is 0 Å². The summed E-state index contributed by atoms with van der Waals surface area (Å²) in [5.74, 6) is 1.16. The van der Waals surface area contributed by atoms with Crippen LogP contribution in [0, 0.1) is 11.8 Å². The summed E-state index contributed by atoms with van der Waals surface area (Å²) in [7, 11) is -2.12. The van der Waals surface area contributed by atoms with E-state index in [1.807, 2.05) is 0 Å². The van der Waals surface area contributed by atoms with E-state index in [2.05, 4.69) is 13.8 Å². The summed E-state index contributed by atoms with van der Waals surface area (Å²) < 4.78 is 24.2. The molecule has 0 spiro atoms. The quantitative estimate of drug-likeness (QED) is 0.909. The SMILES string of the molecule is CC(C)C1CCN(C(=O)c2cc(S(N)(=O)=O)cn2C)CC1. The maximum atomic E-state index is 12.5. The maximum Gasteiger partial charge on any atom is 0.270 e. The van der Waals surface area contributed by atoms with Gasteiger partial charge in [0, 0.05) is 26.3 Å². The highest BCUT2D eigenvalue weighted by molar-refractivity contribution is 7.89. The molecule has 2 heterocycles. The van der Waals surface area contributed by atoms with E-state index in [0.717, 1.165) is 25.9 Å². The van der Waals surface area contributed by atoms with Gasteiger partial charge in [-0.05, 0) is 30.7 Å².